The van der Waals surface area contributed by atoms with Gasteiger partial charge in [0.05, 0.1) is 6.61 Å². The summed E-state index contributed by atoms with van der Waals surface area (Å²) in [5, 5.41) is 0. The lowest BCUT2D eigenvalue weighted by molar-refractivity contribution is -0.139. The van der Waals surface area contributed by atoms with Crippen LogP contribution in [0, 0.1) is 0 Å². The van der Waals surface area contributed by atoms with E-state index in [0.717, 1.165) is 0 Å². The first-order valence-electron chi connectivity index (χ1n) is 3.59. The molecular formula is C6H13O4PS2. The Hall–Kier alpha value is 0.390. The van der Waals surface area contributed by atoms with Crippen LogP contribution in [-0.2, 0) is 30.4 Å². The molecule has 0 fully saturated rings. The Morgan fingerprint density at radius 2 is 2.00 bits per heavy atom. The molecule has 78 valence electrons. The monoisotopic (exact) mass is 244 g/mol. The highest BCUT2D eigenvalue weighted by atomic mass is 32.9. The minimum atomic E-state index is -2.31. The zero-order chi connectivity index (χ0) is 10.3. The molecule has 0 radical (unpaired) electrons. The second kappa shape index (κ2) is 6.79. The van der Waals surface area contributed by atoms with Crippen molar-refractivity contribution in [1.82, 2.24) is 0 Å². The van der Waals surface area contributed by atoms with Crippen molar-refractivity contribution in [1.29, 1.82) is 0 Å². The lowest BCUT2D eigenvalue weighted by Gasteiger charge is -2.15. The summed E-state index contributed by atoms with van der Waals surface area (Å²) in [5.74, 6) is -0.122. The minimum absolute atomic E-state index is 0.173. The van der Waals surface area contributed by atoms with Crippen molar-refractivity contribution in [3.8, 4) is 0 Å². The molecule has 0 atom stereocenters. The number of hydrogen-bond acceptors (Lipinski definition) is 6. The van der Waals surface area contributed by atoms with Crippen LogP contribution in [0.5, 0.6) is 0 Å². The van der Waals surface area contributed by atoms with E-state index in [1.807, 2.05) is 0 Å². The Kier molecular flexibility index (Phi) is 6.99. The highest BCUT2D eigenvalue weighted by Gasteiger charge is 2.18. The highest BCUT2D eigenvalue weighted by molar-refractivity contribution is 8.68. The zero-order valence-electron chi connectivity index (χ0n) is 7.81. The van der Waals surface area contributed by atoms with Gasteiger partial charge in [-0.25, -0.2) is 0 Å². The van der Waals surface area contributed by atoms with Crippen LogP contribution in [0.2, 0.25) is 0 Å². The van der Waals surface area contributed by atoms with Crippen molar-refractivity contribution in [2.24, 2.45) is 0 Å². The molecule has 0 aromatic rings. The number of hydrogen-bond donors (Lipinski definition) is 0. The Bertz CT molecular complexity index is 201. The van der Waals surface area contributed by atoms with Gasteiger partial charge in [-0.1, -0.05) is 11.4 Å². The largest absolute Gasteiger partial charge is 0.465 e. The second-order valence-electron chi connectivity index (χ2n) is 1.89. The van der Waals surface area contributed by atoms with E-state index in [1.165, 1.54) is 25.6 Å². The molecule has 4 nitrogen and oxygen atoms in total. The molecular weight excluding hydrogens is 231 g/mol. The van der Waals surface area contributed by atoms with Crippen LogP contribution >= 0.6 is 17.1 Å². The average molecular weight is 244 g/mol. The number of carbonyl (C=O) groups is 1. The Labute approximate surface area is 87.2 Å². The van der Waals surface area contributed by atoms with Gasteiger partial charge >= 0.3 is 5.97 Å². The van der Waals surface area contributed by atoms with E-state index in [2.05, 4.69) is 0 Å². The summed E-state index contributed by atoms with van der Waals surface area (Å²) in [6.45, 7) is 2.13. The molecule has 0 aromatic carbocycles. The summed E-state index contributed by atoms with van der Waals surface area (Å²) in [6, 6.07) is 0. The van der Waals surface area contributed by atoms with Gasteiger partial charge < -0.3 is 13.8 Å². The fourth-order valence-corrected chi connectivity index (χ4v) is 3.12. The Morgan fingerprint density at radius 1 is 1.46 bits per heavy atom. The highest BCUT2D eigenvalue weighted by Crippen LogP contribution is 2.59. The molecule has 0 heterocycles. The van der Waals surface area contributed by atoms with Gasteiger partial charge in [0.2, 0.25) is 5.69 Å². The van der Waals surface area contributed by atoms with E-state index in [1.54, 1.807) is 6.92 Å². The summed E-state index contributed by atoms with van der Waals surface area (Å²) < 4.78 is 14.7. The van der Waals surface area contributed by atoms with Gasteiger partial charge in [-0.2, -0.15) is 0 Å². The van der Waals surface area contributed by atoms with E-state index in [4.69, 9.17) is 25.6 Å². The molecule has 0 saturated carbocycles. The lowest BCUT2D eigenvalue weighted by atomic mass is 10.8. The van der Waals surface area contributed by atoms with Crippen LogP contribution in [0.4, 0.5) is 0 Å². The summed E-state index contributed by atoms with van der Waals surface area (Å²) in [5.41, 5.74) is -2.31. The maximum absolute atomic E-state index is 10.9. The lowest BCUT2D eigenvalue weighted by Crippen LogP contribution is -2.06. The number of rotatable bonds is 6. The molecule has 0 rings (SSSR count). The predicted octanol–water partition coefficient (Wildman–Crippen LogP) is 1.80. The third-order valence-electron chi connectivity index (χ3n) is 1.09. The molecule has 0 unspecified atom stereocenters. The molecule has 0 aliphatic heterocycles. The van der Waals surface area contributed by atoms with E-state index in [-0.39, 0.29) is 11.7 Å². The predicted molar refractivity (Wildman–Crippen MR) is 57.4 cm³/mol. The van der Waals surface area contributed by atoms with Gasteiger partial charge in [-0.05, 0) is 18.7 Å². The smallest absolute Gasteiger partial charge is 0.316 e. The molecule has 0 amide bonds. The first kappa shape index (κ1) is 13.4. The molecule has 0 aromatic heterocycles. The number of ether oxygens (including phenoxy) is 1. The van der Waals surface area contributed by atoms with Gasteiger partial charge in [-0.3, -0.25) is 4.79 Å². The topological polar surface area (TPSA) is 44.8 Å². The van der Waals surface area contributed by atoms with Crippen molar-refractivity contribution in [3.63, 3.8) is 0 Å². The quantitative estimate of drug-likeness (QED) is 0.524. The first-order chi connectivity index (χ1) is 6.08. The van der Waals surface area contributed by atoms with E-state index >= 15 is 0 Å². The van der Waals surface area contributed by atoms with Crippen LogP contribution in [0.1, 0.15) is 6.92 Å². The minimum Gasteiger partial charge on any atom is -0.465 e. The fraction of sp³-hybridized carbons (Fsp3) is 0.833. The van der Waals surface area contributed by atoms with Crippen molar-refractivity contribution in [2.75, 3.05) is 26.6 Å². The third-order valence-corrected chi connectivity index (χ3v) is 6.74. The van der Waals surface area contributed by atoms with E-state index < -0.39 is 5.69 Å². The number of carbonyl (C=O) groups excluding carboxylic acids is 1. The van der Waals surface area contributed by atoms with Crippen molar-refractivity contribution in [2.45, 2.75) is 6.92 Å². The van der Waals surface area contributed by atoms with Crippen molar-refractivity contribution < 1.29 is 18.6 Å². The van der Waals surface area contributed by atoms with E-state index in [9.17, 15) is 4.79 Å². The SMILES string of the molecule is CCOC(=O)CSP(=S)(OC)OC. The number of esters is 1. The summed E-state index contributed by atoms with van der Waals surface area (Å²) in [7, 11) is 2.95. The third kappa shape index (κ3) is 5.65. The Balaban J connectivity index is 3.86. The molecule has 7 heteroatoms. The van der Waals surface area contributed by atoms with Crippen LogP contribution in [0.3, 0.4) is 0 Å². The normalized spacial score (nSPS) is 11.3. The fourth-order valence-electron chi connectivity index (χ4n) is 0.514. The molecule has 0 aliphatic carbocycles. The van der Waals surface area contributed by atoms with Crippen LogP contribution in [-0.4, -0.2) is 32.5 Å². The molecule has 0 bridgehead atoms. The van der Waals surface area contributed by atoms with E-state index in [0.29, 0.717) is 6.61 Å². The van der Waals surface area contributed by atoms with Gasteiger partial charge in [0.15, 0.2) is 0 Å². The summed E-state index contributed by atoms with van der Waals surface area (Å²) in [6.07, 6.45) is 0. The van der Waals surface area contributed by atoms with Gasteiger partial charge in [0.25, 0.3) is 0 Å². The molecule has 0 saturated heterocycles. The standard InChI is InChI=1S/C6H13O4PS2/c1-4-10-6(7)5-13-11(12,8-2)9-3/h4-5H2,1-3H3. The van der Waals surface area contributed by atoms with Gasteiger partial charge in [0, 0.05) is 14.2 Å². The average Bonchev–Trinajstić information content (AvgIpc) is 2.15. The molecule has 0 spiro atoms. The van der Waals surface area contributed by atoms with Crippen LogP contribution in [0.25, 0.3) is 0 Å². The first-order valence-corrected chi connectivity index (χ1v) is 7.82. The zero-order valence-corrected chi connectivity index (χ0v) is 10.3. The second-order valence-corrected chi connectivity index (χ2v) is 8.41. The maximum Gasteiger partial charge on any atom is 0.316 e. The van der Waals surface area contributed by atoms with Crippen molar-refractivity contribution in [3.05, 3.63) is 0 Å². The maximum atomic E-state index is 10.9. The Morgan fingerprint density at radius 3 is 2.38 bits per heavy atom. The molecule has 0 N–H and O–H groups in total. The summed E-state index contributed by atoms with van der Waals surface area (Å²) >= 11 is 6.21. The van der Waals surface area contributed by atoms with Crippen LogP contribution < -0.4 is 0 Å². The van der Waals surface area contributed by atoms with Crippen LogP contribution in [0.15, 0.2) is 0 Å². The summed E-state index contributed by atoms with van der Waals surface area (Å²) in [4.78, 5) is 10.9. The van der Waals surface area contributed by atoms with Gasteiger partial charge in [-0.15, -0.1) is 0 Å². The van der Waals surface area contributed by atoms with Gasteiger partial charge in [0.1, 0.15) is 5.75 Å². The van der Waals surface area contributed by atoms with Crippen molar-refractivity contribution >= 4 is 34.9 Å². The molecule has 13 heavy (non-hydrogen) atoms. The molecule has 0 aliphatic rings.